The first-order valence-electron chi connectivity index (χ1n) is 7.33. The molecule has 112 valence electrons. The van der Waals surface area contributed by atoms with Gasteiger partial charge in [0.15, 0.2) is 0 Å². The number of furan rings is 1. The molecule has 1 heterocycles. The second-order valence-corrected chi connectivity index (χ2v) is 6.29. The van der Waals surface area contributed by atoms with E-state index in [1.54, 1.807) is 11.8 Å². The Labute approximate surface area is 130 Å². The fraction of sp³-hybridized carbons (Fsp3) is 0.412. The maximum Gasteiger partial charge on any atom is 0.146 e. The number of nitrogens with one attached hydrogen (secondary N) is 1. The van der Waals surface area contributed by atoms with Crippen LogP contribution in [0.25, 0.3) is 0 Å². The van der Waals surface area contributed by atoms with E-state index in [1.165, 1.54) is 23.3 Å². The van der Waals surface area contributed by atoms with Crippen LogP contribution in [0.4, 0.5) is 0 Å². The molecule has 1 N–H and O–H groups in total. The second kappa shape index (κ2) is 6.58. The first-order chi connectivity index (χ1) is 10.2. The van der Waals surface area contributed by atoms with Gasteiger partial charge in [-0.1, -0.05) is 0 Å². The molecule has 0 radical (unpaired) electrons. The lowest BCUT2D eigenvalue weighted by atomic mass is 10.2. The molecule has 1 fully saturated rings. The highest BCUT2D eigenvalue weighted by molar-refractivity contribution is 7.98. The van der Waals surface area contributed by atoms with Crippen LogP contribution < -0.4 is 10.1 Å². The standard InChI is InChI=1S/C17H21NO2S/c1-12-13(10-18-14-3-4-14)9-16(20-12)11-19-15-5-7-17(21-2)8-6-15/h5-9,14,18H,3-4,10-11H2,1-2H3. The molecule has 4 heteroatoms. The summed E-state index contributed by atoms with van der Waals surface area (Å²) in [7, 11) is 0. The minimum Gasteiger partial charge on any atom is -0.486 e. The third-order valence-electron chi connectivity index (χ3n) is 3.67. The third kappa shape index (κ3) is 4.05. The van der Waals surface area contributed by atoms with Gasteiger partial charge in [0.2, 0.25) is 0 Å². The Bertz CT molecular complexity index is 587. The topological polar surface area (TPSA) is 34.4 Å². The molecule has 0 saturated heterocycles. The lowest BCUT2D eigenvalue weighted by Crippen LogP contribution is -2.15. The number of hydrogen-bond donors (Lipinski definition) is 1. The van der Waals surface area contributed by atoms with Crippen LogP contribution in [-0.4, -0.2) is 12.3 Å². The highest BCUT2D eigenvalue weighted by Gasteiger charge is 2.20. The van der Waals surface area contributed by atoms with Crippen LogP contribution in [0.15, 0.2) is 39.6 Å². The van der Waals surface area contributed by atoms with E-state index in [9.17, 15) is 0 Å². The van der Waals surface area contributed by atoms with Crippen molar-refractivity contribution in [1.82, 2.24) is 5.32 Å². The summed E-state index contributed by atoms with van der Waals surface area (Å²) in [6.45, 7) is 3.38. The van der Waals surface area contributed by atoms with Crippen molar-refractivity contribution in [3.63, 3.8) is 0 Å². The molecule has 0 unspecified atom stereocenters. The first-order valence-corrected chi connectivity index (χ1v) is 8.55. The van der Waals surface area contributed by atoms with Crippen molar-refractivity contribution in [3.8, 4) is 5.75 Å². The van der Waals surface area contributed by atoms with Crippen LogP contribution in [-0.2, 0) is 13.2 Å². The molecule has 0 bridgehead atoms. The van der Waals surface area contributed by atoms with E-state index in [1.807, 2.05) is 19.1 Å². The molecular formula is C17H21NO2S. The van der Waals surface area contributed by atoms with Gasteiger partial charge >= 0.3 is 0 Å². The van der Waals surface area contributed by atoms with Gasteiger partial charge in [-0.25, -0.2) is 0 Å². The fourth-order valence-electron chi connectivity index (χ4n) is 2.20. The van der Waals surface area contributed by atoms with Crippen LogP contribution in [0.5, 0.6) is 5.75 Å². The van der Waals surface area contributed by atoms with Crippen molar-refractivity contribution in [3.05, 3.63) is 47.4 Å². The number of rotatable bonds is 7. The lowest BCUT2D eigenvalue weighted by molar-refractivity contribution is 0.267. The van der Waals surface area contributed by atoms with Gasteiger partial charge in [-0.15, -0.1) is 11.8 Å². The molecule has 3 rings (SSSR count). The molecule has 0 spiro atoms. The third-order valence-corrected chi connectivity index (χ3v) is 4.41. The molecule has 1 saturated carbocycles. The Hall–Kier alpha value is -1.39. The van der Waals surface area contributed by atoms with E-state index in [0.717, 1.165) is 23.8 Å². The van der Waals surface area contributed by atoms with Crippen LogP contribution in [0, 0.1) is 6.92 Å². The van der Waals surface area contributed by atoms with Gasteiger partial charge in [-0.2, -0.15) is 0 Å². The molecular weight excluding hydrogens is 282 g/mol. The zero-order valence-corrected chi connectivity index (χ0v) is 13.3. The van der Waals surface area contributed by atoms with Gasteiger partial charge in [-0.05, 0) is 56.4 Å². The molecule has 3 nitrogen and oxygen atoms in total. The van der Waals surface area contributed by atoms with Crippen molar-refractivity contribution in [2.75, 3.05) is 6.26 Å². The predicted molar refractivity (Wildman–Crippen MR) is 85.9 cm³/mol. The summed E-state index contributed by atoms with van der Waals surface area (Å²) in [5, 5.41) is 3.51. The van der Waals surface area contributed by atoms with E-state index in [0.29, 0.717) is 12.6 Å². The summed E-state index contributed by atoms with van der Waals surface area (Å²) in [6, 6.07) is 10.9. The first kappa shape index (κ1) is 14.5. The van der Waals surface area contributed by atoms with Gasteiger partial charge < -0.3 is 14.5 Å². The van der Waals surface area contributed by atoms with Crippen molar-refractivity contribution in [2.24, 2.45) is 0 Å². The largest absolute Gasteiger partial charge is 0.486 e. The lowest BCUT2D eigenvalue weighted by Gasteiger charge is -2.04. The maximum absolute atomic E-state index is 5.77. The van der Waals surface area contributed by atoms with Crippen LogP contribution in [0.1, 0.15) is 29.9 Å². The minimum atomic E-state index is 0.475. The van der Waals surface area contributed by atoms with E-state index < -0.39 is 0 Å². The average Bonchev–Trinajstić information content (AvgIpc) is 3.27. The smallest absolute Gasteiger partial charge is 0.146 e. The zero-order chi connectivity index (χ0) is 14.7. The van der Waals surface area contributed by atoms with E-state index >= 15 is 0 Å². The maximum atomic E-state index is 5.77. The van der Waals surface area contributed by atoms with Crippen molar-refractivity contribution in [1.29, 1.82) is 0 Å². The Morgan fingerprint density at radius 1 is 1.29 bits per heavy atom. The Morgan fingerprint density at radius 3 is 2.71 bits per heavy atom. The summed E-state index contributed by atoms with van der Waals surface area (Å²) in [4.78, 5) is 1.24. The molecule has 1 aromatic heterocycles. The quantitative estimate of drug-likeness (QED) is 0.780. The van der Waals surface area contributed by atoms with Gasteiger partial charge in [0.1, 0.15) is 23.9 Å². The van der Waals surface area contributed by atoms with Crippen LogP contribution >= 0.6 is 11.8 Å². The number of hydrogen-bond acceptors (Lipinski definition) is 4. The normalized spacial score (nSPS) is 14.4. The molecule has 0 amide bonds. The van der Waals surface area contributed by atoms with Crippen LogP contribution in [0.2, 0.25) is 0 Å². The van der Waals surface area contributed by atoms with Gasteiger partial charge in [-0.3, -0.25) is 0 Å². The summed E-state index contributed by atoms with van der Waals surface area (Å²) in [5.74, 6) is 2.74. The summed E-state index contributed by atoms with van der Waals surface area (Å²) >= 11 is 1.73. The number of thioether (sulfide) groups is 1. The second-order valence-electron chi connectivity index (χ2n) is 5.41. The van der Waals surface area contributed by atoms with Gasteiger partial charge in [0.05, 0.1) is 0 Å². The van der Waals surface area contributed by atoms with Crippen molar-refractivity contribution < 1.29 is 9.15 Å². The average molecular weight is 303 g/mol. The number of ether oxygens (including phenoxy) is 1. The molecule has 0 aliphatic heterocycles. The van der Waals surface area contributed by atoms with Crippen LogP contribution in [0.3, 0.4) is 0 Å². The minimum absolute atomic E-state index is 0.475. The Balaban J connectivity index is 1.55. The summed E-state index contributed by atoms with van der Waals surface area (Å²) in [6.07, 6.45) is 4.68. The highest BCUT2D eigenvalue weighted by Crippen LogP contribution is 2.23. The Morgan fingerprint density at radius 2 is 2.05 bits per heavy atom. The van der Waals surface area contributed by atoms with Crippen molar-refractivity contribution >= 4 is 11.8 Å². The monoisotopic (exact) mass is 303 g/mol. The fourth-order valence-corrected chi connectivity index (χ4v) is 2.61. The number of benzene rings is 1. The van der Waals surface area contributed by atoms with Gasteiger partial charge in [0, 0.05) is 23.0 Å². The predicted octanol–water partition coefficient (Wildman–Crippen LogP) is 4.14. The molecule has 21 heavy (non-hydrogen) atoms. The van der Waals surface area contributed by atoms with Gasteiger partial charge in [0.25, 0.3) is 0 Å². The SMILES string of the molecule is CSc1ccc(OCc2cc(CNC3CC3)c(C)o2)cc1. The molecule has 1 aliphatic carbocycles. The molecule has 1 aliphatic rings. The summed E-state index contributed by atoms with van der Waals surface area (Å²) < 4.78 is 11.5. The summed E-state index contributed by atoms with van der Waals surface area (Å²) in [5.41, 5.74) is 1.23. The van der Waals surface area contributed by atoms with E-state index in [2.05, 4.69) is 29.8 Å². The molecule has 2 aromatic rings. The zero-order valence-electron chi connectivity index (χ0n) is 12.5. The molecule has 1 aromatic carbocycles. The molecule has 0 atom stereocenters. The number of aryl methyl sites for hydroxylation is 1. The van der Waals surface area contributed by atoms with Crippen molar-refractivity contribution in [2.45, 2.75) is 43.9 Å². The van der Waals surface area contributed by atoms with E-state index in [4.69, 9.17) is 9.15 Å². The highest BCUT2D eigenvalue weighted by atomic mass is 32.2. The Kier molecular flexibility index (Phi) is 4.56. The van der Waals surface area contributed by atoms with E-state index in [-0.39, 0.29) is 0 Å².